The molecule has 0 spiro atoms. The standard InChI is InChI=1S/C21H18ClF3N8/c1-12(17-20(27-5-4-26-17)33-30-6-7-31-33)32(10-13-2-3-13)19-15-8-14(22)9-16(21(23,24)25)18(15)28-11-29-19/h4-9,11-13H,2-3,10H2,1H3. The van der Waals surface area contributed by atoms with Crippen molar-refractivity contribution < 1.29 is 13.2 Å². The molecule has 4 aromatic rings. The van der Waals surface area contributed by atoms with Gasteiger partial charge in [0.15, 0.2) is 5.82 Å². The summed E-state index contributed by atoms with van der Waals surface area (Å²) < 4.78 is 41.2. The van der Waals surface area contributed by atoms with Gasteiger partial charge in [0.25, 0.3) is 0 Å². The maximum absolute atomic E-state index is 13.7. The van der Waals surface area contributed by atoms with E-state index in [1.54, 1.807) is 6.20 Å². The summed E-state index contributed by atoms with van der Waals surface area (Å²) in [7, 11) is 0. The van der Waals surface area contributed by atoms with Gasteiger partial charge in [-0.3, -0.25) is 4.98 Å². The molecule has 33 heavy (non-hydrogen) atoms. The van der Waals surface area contributed by atoms with Gasteiger partial charge in [-0.25, -0.2) is 15.0 Å². The van der Waals surface area contributed by atoms with Crippen molar-refractivity contribution in [2.75, 3.05) is 11.4 Å². The van der Waals surface area contributed by atoms with Crippen LogP contribution in [0.4, 0.5) is 19.0 Å². The van der Waals surface area contributed by atoms with Crippen molar-refractivity contribution in [3.05, 3.63) is 59.5 Å². The molecule has 1 saturated carbocycles. The lowest BCUT2D eigenvalue weighted by molar-refractivity contribution is -0.136. The maximum atomic E-state index is 13.7. The first-order chi connectivity index (χ1) is 15.8. The van der Waals surface area contributed by atoms with Crippen LogP contribution in [-0.2, 0) is 6.18 Å². The van der Waals surface area contributed by atoms with E-state index in [4.69, 9.17) is 11.6 Å². The lowest BCUT2D eigenvalue weighted by Crippen LogP contribution is -2.32. The Bertz CT molecular complexity index is 1290. The minimum absolute atomic E-state index is 0.0363. The number of hydrogen-bond donors (Lipinski definition) is 0. The summed E-state index contributed by atoms with van der Waals surface area (Å²) in [5, 5.41) is 8.50. The number of rotatable bonds is 6. The van der Waals surface area contributed by atoms with Gasteiger partial charge in [0.1, 0.15) is 17.8 Å². The van der Waals surface area contributed by atoms with Crippen LogP contribution in [0.2, 0.25) is 5.02 Å². The highest BCUT2D eigenvalue weighted by atomic mass is 35.5. The number of hydrogen-bond acceptors (Lipinski definition) is 7. The molecule has 0 saturated heterocycles. The molecule has 1 fully saturated rings. The van der Waals surface area contributed by atoms with E-state index in [2.05, 4.69) is 30.1 Å². The zero-order valence-corrected chi connectivity index (χ0v) is 18.2. The fraction of sp³-hybridized carbons (Fsp3) is 0.333. The summed E-state index contributed by atoms with van der Waals surface area (Å²) in [5.74, 6) is 1.20. The van der Waals surface area contributed by atoms with Crippen LogP contribution in [0.15, 0.2) is 43.2 Å². The van der Waals surface area contributed by atoms with Crippen molar-refractivity contribution in [2.24, 2.45) is 5.92 Å². The lowest BCUT2D eigenvalue weighted by atomic mass is 10.1. The second-order valence-corrected chi connectivity index (χ2v) is 8.34. The van der Waals surface area contributed by atoms with Gasteiger partial charge in [0, 0.05) is 29.3 Å². The Balaban J connectivity index is 1.67. The summed E-state index contributed by atoms with van der Waals surface area (Å²) >= 11 is 6.10. The topological polar surface area (TPSA) is 85.5 Å². The third-order valence-corrected chi connectivity index (χ3v) is 5.81. The third kappa shape index (κ3) is 4.20. The first-order valence-corrected chi connectivity index (χ1v) is 10.7. The van der Waals surface area contributed by atoms with Crippen molar-refractivity contribution in [3.8, 4) is 5.82 Å². The second kappa shape index (κ2) is 8.22. The molecule has 1 aliphatic carbocycles. The van der Waals surface area contributed by atoms with Crippen molar-refractivity contribution in [3.63, 3.8) is 0 Å². The average Bonchev–Trinajstić information content (AvgIpc) is 3.45. The highest BCUT2D eigenvalue weighted by Crippen LogP contribution is 2.41. The van der Waals surface area contributed by atoms with Crippen LogP contribution in [0.25, 0.3) is 16.7 Å². The van der Waals surface area contributed by atoms with Crippen LogP contribution in [0.5, 0.6) is 0 Å². The maximum Gasteiger partial charge on any atom is 0.418 e. The van der Waals surface area contributed by atoms with Gasteiger partial charge in [0.2, 0.25) is 0 Å². The van der Waals surface area contributed by atoms with Crippen LogP contribution in [0, 0.1) is 5.92 Å². The number of benzene rings is 1. The molecule has 0 N–H and O–H groups in total. The quantitative estimate of drug-likeness (QED) is 0.402. The molecular weight excluding hydrogens is 457 g/mol. The molecule has 1 unspecified atom stereocenters. The second-order valence-electron chi connectivity index (χ2n) is 7.90. The molecule has 0 amide bonds. The zero-order valence-electron chi connectivity index (χ0n) is 17.4. The Labute approximate surface area is 191 Å². The van der Waals surface area contributed by atoms with E-state index in [0.29, 0.717) is 29.8 Å². The predicted molar refractivity (Wildman–Crippen MR) is 115 cm³/mol. The van der Waals surface area contributed by atoms with Crippen molar-refractivity contribution in [2.45, 2.75) is 32.0 Å². The molecule has 8 nitrogen and oxygen atoms in total. The van der Waals surface area contributed by atoms with Crippen molar-refractivity contribution in [1.29, 1.82) is 0 Å². The van der Waals surface area contributed by atoms with Crippen LogP contribution >= 0.6 is 11.6 Å². The number of aromatic nitrogens is 7. The average molecular weight is 475 g/mol. The molecule has 1 aromatic carbocycles. The van der Waals surface area contributed by atoms with Crippen LogP contribution in [0.1, 0.15) is 37.1 Å². The fourth-order valence-corrected chi connectivity index (χ4v) is 4.05. The molecule has 12 heteroatoms. The van der Waals surface area contributed by atoms with E-state index in [1.165, 1.54) is 29.5 Å². The molecule has 0 bridgehead atoms. The highest BCUT2D eigenvalue weighted by molar-refractivity contribution is 6.31. The summed E-state index contributed by atoms with van der Waals surface area (Å²) in [6, 6.07) is 1.96. The molecule has 170 valence electrons. The molecule has 3 aromatic heterocycles. The number of anilines is 1. The Morgan fingerprint density at radius 2 is 1.79 bits per heavy atom. The largest absolute Gasteiger partial charge is 0.418 e. The zero-order chi connectivity index (χ0) is 23.2. The van der Waals surface area contributed by atoms with E-state index in [0.717, 1.165) is 25.2 Å². The Hall–Kier alpha value is -3.34. The SMILES string of the molecule is CC(c1nccnc1-n1nccn1)N(CC1CC1)c1ncnc2c(C(F)(F)F)cc(Cl)cc12. The van der Waals surface area contributed by atoms with E-state index in [9.17, 15) is 13.2 Å². The van der Waals surface area contributed by atoms with Crippen molar-refractivity contribution >= 4 is 28.3 Å². The third-order valence-electron chi connectivity index (χ3n) is 5.59. The minimum Gasteiger partial charge on any atom is -0.347 e. The normalized spacial score (nSPS) is 15.1. The van der Waals surface area contributed by atoms with E-state index in [1.807, 2.05) is 11.8 Å². The summed E-state index contributed by atoms with van der Waals surface area (Å²) in [4.78, 5) is 20.5. The van der Waals surface area contributed by atoms with Gasteiger partial charge in [-0.05, 0) is 37.8 Å². The molecule has 1 atom stereocenters. The molecule has 3 heterocycles. The van der Waals surface area contributed by atoms with Gasteiger partial charge >= 0.3 is 6.18 Å². The molecule has 1 aliphatic rings. The minimum atomic E-state index is -4.61. The molecule has 0 radical (unpaired) electrons. The summed E-state index contributed by atoms with van der Waals surface area (Å²) in [5.41, 5.74) is -0.522. The molecular formula is C21H18ClF3N8. The molecule has 5 rings (SSSR count). The first kappa shape index (κ1) is 21.5. The Kier molecular flexibility index (Phi) is 5.35. The van der Waals surface area contributed by atoms with Gasteiger partial charge < -0.3 is 4.90 Å². The Morgan fingerprint density at radius 3 is 2.48 bits per heavy atom. The number of fused-ring (bicyclic) bond motifs is 1. The smallest absolute Gasteiger partial charge is 0.347 e. The van der Waals surface area contributed by atoms with Crippen LogP contribution in [-0.4, -0.2) is 41.5 Å². The van der Waals surface area contributed by atoms with Gasteiger partial charge in [-0.15, -0.1) is 4.80 Å². The molecule has 0 aliphatic heterocycles. The predicted octanol–water partition coefficient (Wildman–Crippen LogP) is 4.65. The van der Waals surface area contributed by atoms with E-state index >= 15 is 0 Å². The fourth-order valence-electron chi connectivity index (χ4n) is 3.83. The van der Waals surface area contributed by atoms with E-state index in [-0.39, 0.29) is 15.9 Å². The van der Waals surface area contributed by atoms with Gasteiger partial charge in [-0.2, -0.15) is 23.4 Å². The summed E-state index contributed by atoms with van der Waals surface area (Å²) in [6.07, 6.45) is 4.78. The Morgan fingerprint density at radius 1 is 1.06 bits per heavy atom. The van der Waals surface area contributed by atoms with Crippen LogP contribution in [0.3, 0.4) is 0 Å². The van der Waals surface area contributed by atoms with Gasteiger partial charge in [-0.1, -0.05) is 11.6 Å². The first-order valence-electron chi connectivity index (χ1n) is 10.3. The van der Waals surface area contributed by atoms with E-state index < -0.39 is 17.8 Å². The van der Waals surface area contributed by atoms with Crippen LogP contribution < -0.4 is 4.90 Å². The monoisotopic (exact) mass is 474 g/mol. The number of alkyl halides is 3. The summed E-state index contributed by atoms with van der Waals surface area (Å²) in [6.45, 7) is 2.49. The van der Waals surface area contributed by atoms with Gasteiger partial charge in [0.05, 0.1) is 29.5 Å². The number of nitrogens with zero attached hydrogens (tertiary/aromatic N) is 8. The lowest BCUT2D eigenvalue weighted by Gasteiger charge is -2.31. The van der Waals surface area contributed by atoms with Crippen molar-refractivity contribution in [1.82, 2.24) is 34.9 Å². The highest BCUT2D eigenvalue weighted by Gasteiger charge is 2.36. The number of halogens is 4.